The van der Waals surface area contributed by atoms with Crippen molar-refractivity contribution in [2.45, 2.75) is 26.8 Å². The van der Waals surface area contributed by atoms with E-state index in [1.807, 2.05) is 50.2 Å². The zero-order chi connectivity index (χ0) is 18.7. The van der Waals surface area contributed by atoms with E-state index in [1.54, 1.807) is 14.2 Å². The summed E-state index contributed by atoms with van der Waals surface area (Å²) < 4.78 is 13.7. The summed E-state index contributed by atoms with van der Waals surface area (Å²) in [7, 11) is 3.29. The highest BCUT2D eigenvalue weighted by Crippen LogP contribution is 2.23. The molecule has 0 unspecified atom stereocenters. The number of hydrogen-bond donors (Lipinski definition) is 0. The lowest BCUT2D eigenvalue weighted by molar-refractivity contribution is -0.117. The van der Waals surface area contributed by atoms with Gasteiger partial charge in [0.1, 0.15) is 11.5 Å². The lowest BCUT2D eigenvalue weighted by Crippen LogP contribution is -2.16. The third-order valence-corrected chi connectivity index (χ3v) is 5.28. The van der Waals surface area contributed by atoms with Crippen molar-refractivity contribution in [3.63, 3.8) is 0 Å². The van der Waals surface area contributed by atoms with E-state index in [0.29, 0.717) is 4.80 Å². The largest absolute Gasteiger partial charge is 0.497 e. The lowest BCUT2D eigenvalue weighted by Gasteiger charge is -2.06. The number of carbonyl (C=O) groups is 1. The first-order chi connectivity index (χ1) is 12.5. The third kappa shape index (κ3) is 3.65. The Labute approximate surface area is 156 Å². The molecule has 3 aromatic rings. The van der Waals surface area contributed by atoms with Gasteiger partial charge in [-0.15, -0.1) is 0 Å². The van der Waals surface area contributed by atoms with Crippen molar-refractivity contribution >= 4 is 27.5 Å². The smallest absolute Gasteiger partial charge is 0.252 e. The third-order valence-electron chi connectivity index (χ3n) is 4.24. The van der Waals surface area contributed by atoms with Gasteiger partial charge in [0, 0.05) is 6.54 Å². The molecule has 2 aromatic carbocycles. The standard InChI is InChI=1S/C20H22N2O3S/c1-5-22-16-8-7-15(24-3)12-18(16)26-20(22)21-19(23)11-14-6-9-17(25-4)13(2)10-14/h6-10,12H,5,11H2,1-4H3. The highest BCUT2D eigenvalue weighted by atomic mass is 32.1. The number of amides is 1. The van der Waals surface area contributed by atoms with Crippen molar-refractivity contribution in [3.8, 4) is 11.5 Å². The zero-order valence-electron chi connectivity index (χ0n) is 15.4. The predicted molar refractivity (Wildman–Crippen MR) is 104 cm³/mol. The number of aromatic nitrogens is 1. The average Bonchev–Trinajstić information content (AvgIpc) is 2.97. The van der Waals surface area contributed by atoms with Crippen LogP contribution >= 0.6 is 11.3 Å². The molecule has 3 rings (SSSR count). The molecule has 6 heteroatoms. The molecule has 5 nitrogen and oxygen atoms in total. The van der Waals surface area contributed by atoms with Gasteiger partial charge in [0.05, 0.1) is 30.9 Å². The summed E-state index contributed by atoms with van der Waals surface area (Å²) in [6, 6.07) is 11.7. The van der Waals surface area contributed by atoms with Crippen molar-refractivity contribution in [3.05, 3.63) is 52.3 Å². The Hall–Kier alpha value is -2.60. The molecule has 0 fully saturated rings. The molecule has 0 aliphatic heterocycles. The Bertz CT molecular complexity index is 1020. The first kappa shape index (κ1) is 18.2. The number of rotatable bonds is 5. The molecule has 136 valence electrons. The lowest BCUT2D eigenvalue weighted by atomic mass is 10.1. The molecule has 1 aromatic heterocycles. The van der Waals surface area contributed by atoms with Gasteiger partial charge in [-0.2, -0.15) is 4.99 Å². The molecular formula is C20H22N2O3S. The molecule has 0 aliphatic carbocycles. The van der Waals surface area contributed by atoms with Crippen LogP contribution in [0.4, 0.5) is 0 Å². The molecule has 1 amide bonds. The van der Waals surface area contributed by atoms with Gasteiger partial charge in [-0.25, -0.2) is 0 Å². The second-order valence-corrected chi connectivity index (χ2v) is 6.96. The van der Waals surface area contributed by atoms with E-state index in [1.165, 1.54) is 11.3 Å². The maximum Gasteiger partial charge on any atom is 0.252 e. The van der Waals surface area contributed by atoms with E-state index < -0.39 is 0 Å². The number of methoxy groups -OCH3 is 2. The normalized spacial score (nSPS) is 11.8. The quantitative estimate of drug-likeness (QED) is 0.688. The number of aryl methyl sites for hydroxylation is 2. The predicted octanol–water partition coefficient (Wildman–Crippen LogP) is 3.72. The van der Waals surface area contributed by atoms with Crippen molar-refractivity contribution in [2.75, 3.05) is 14.2 Å². The summed E-state index contributed by atoms with van der Waals surface area (Å²) in [5, 5.41) is 0. The number of benzene rings is 2. The minimum absolute atomic E-state index is 0.157. The Morgan fingerprint density at radius 2 is 1.96 bits per heavy atom. The summed E-state index contributed by atoms with van der Waals surface area (Å²) >= 11 is 1.50. The van der Waals surface area contributed by atoms with E-state index in [4.69, 9.17) is 9.47 Å². The molecule has 0 N–H and O–H groups in total. The molecule has 1 heterocycles. The summed E-state index contributed by atoms with van der Waals surface area (Å²) in [6.45, 7) is 4.77. The van der Waals surface area contributed by atoms with E-state index in [2.05, 4.69) is 9.56 Å². The highest BCUT2D eigenvalue weighted by Gasteiger charge is 2.09. The van der Waals surface area contributed by atoms with Crippen LogP contribution in [0, 0.1) is 6.92 Å². The van der Waals surface area contributed by atoms with Crippen LogP contribution in [-0.2, 0) is 17.8 Å². The molecule has 0 saturated carbocycles. The number of fused-ring (bicyclic) bond motifs is 1. The van der Waals surface area contributed by atoms with Gasteiger partial charge in [-0.05, 0) is 49.2 Å². The molecular weight excluding hydrogens is 348 g/mol. The number of thiazole rings is 1. The molecule has 26 heavy (non-hydrogen) atoms. The fourth-order valence-corrected chi connectivity index (χ4v) is 4.08. The Kier molecular flexibility index (Phi) is 5.42. The van der Waals surface area contributed by atoms with Crippen LogP contribution in [0.1, 0.15) is 18.1 Å². The van der Waals surface area contributed by atoms with Crippen molar-refractivity contribution in [2.24, 2.45) is 4.99 Å². The number of hydrogen-bond acceptors (Lipinski definition) is 4. The van der Waals surface area contributed by atoms with Crippen molar-refractivity contribution < 1.29 is 14.3 Å². The average molecular weight is 370 g/mol. The van der Waals surface area contributed by atoms with Crippen molar-refractivity contribution in [1.29, 1.82) is 0 Å². The maximum absolute atomic E-state index is 12.5. The number of nitrogens with zero attached hydrogens (tertiary/aromatic N) is 2. The molecule has 0 saturated heterocycles. The summed E-state index contributed by atoms with van der Waals surface area (Å²) in [5.41, 5.74) is 3.00. The minimum atomic E-state index is -0.157. The minimum Gasteiger partial charge on any atom is -0.497 e. The van der Waals surface area contributed by atoms with Gasteiger partial charge in [-0.1, -0.05) is 23.5 Å². The Balaban J connectivity index is 1.93. The maximum atomic E-state index is 12.5. The van der Waals surface area contributed by atoms with Gasteiger partial charge >= 0.3 is 0 Å². The topological polar surface area (TPSA) is 52.8 Å². The van der Waals surface area contributed by atoms with Crippen molar-refractivity contribution in [1.82, 2.24) is 4.57 Å². The molecule has 0 bridgehead atoms. The van der Waals surface area contributed by atoms with Crippen LogP contribution < -0.4 is 14.3 Å². The summed E-state index contributed by atoms with van der Waals surface area (Å²) in [6.07, 6.45) is 0.270. The van der Waals surface area contributed by atoms with E-state index >= 15 is 0 Å². The molecule has 0 spiro atoms. The first-order valence-electron chi connectivity index (χ1n) is 8.44. The summed E-state index contributed by atoms with van der Waals surface area (Å²) in [5.74, 6) is 1.46. The SMILES string of the molecule is CCn1c(=NC(=O)Cc2ccc(OC)c(C)c2)sc2cc(OC)ccc21. The molecule has 0 atom stereocenters. The zero-order valence-corrected chi connectivity index (χ0v) is 16.2. The fourth-order valence-electron chi connectivity index (χ4n) is 2.94. The van der Waals surface area contributed by atoms with Gasteiger partial charge in [-0.3, -0.25) is 4.79 Å². The van der Waals surface area contributed by atoms with E-state index in [0.717, 1.165) is 39.4 Å². The van der Waals surface area contributed by atoms with Crippen LogP contribution in [0.3, 0.4) is 0 Å². The van der Waals surface area contributed by atoms with E-state index in [9.17, 15) is 4.79 Å². The number of ether oxygens (including phenoxy) is 2. The second-order valence-electron chi connectivity index (χ2n) is 5.95. The molecule has 0 radical (unpaired) electrons. The Morgan fingerprint density at radius 1 is 1.15 bits per heavy atom. The Morgan fingerprint density at radius 3 is 2.62 bits per heavy atom. The van der Waals surface area contributed by atoms with Gasteiger partial charge < -0.3 is 14.0 Å². The monoisotopic (exact) mass is 370 g/mol. The first-order valence-corrected chi connectivity index (χ1v) is 9.25. The van der Waals surface area contributed by atoms with Gasteiger partial charge in [0.25, 0.3) is 5.91 Å². The second kappa shape index (κ2) is 7.74. The van der Waals surface area contributed by atoms with E-state index in [-0.39, 0.29) is 12.3 Å². The van der Waals surface area contributed by atoms with Gasteiger partial charge in [0.2, 0.25) is 0 Å². The highest BCUT2D eigenvalue weighted by molar-refractivity contribution is 7.16. The fraction of sp³-hybridized carbons (Fsp3) is 0.300. The van der Waals surface area contributed by atoms with Crippen LogP contribution in [0.5, 0.6) is 11.5 Å². The van der Waals surface area contributed by atoms with Crippen LogP contribution in [0.2, 0.25) is 0 Å². The van der Waals surface area contributed by atoms with Crippen LogP contribution in [0.25, 0.3) is 10.2 Å². The van der Waals surface area contributed by atoms with Crippen LogP contribution in [-0.4, -0.2) is 24.7 Å². The van der Waals surface area contributed by atoms with Gasteiger partial charge in [0.15, 0.2) is 4.80 Å². The molecule has 0 aliphatic rings. The number of carbonyl (C=O) groups excluding carboxylic acids is 1. The summed E-state index contributed by atoms with van der Waals surface area (Å²) in [4.78, 5) is 17.6. The van der Waals surface area contributed by atoms with Crippen LogP contribution in [0.15, 0.2) is 41.4 Å².